The number of para-hydroxylation sites is 3. The van der Waals surface area contributed by atoms with Crippen molar-refractivity contribution in [3.8, 4) is 28.3 Å². The number of fused-ring (bicyclic) bond motifs is 7. The number of pyridine rings is 2. The zero-order chi connectivity index (χ0) is 47.7. The molecule has 5 aromatic carbocycles. The predicted octanol–water partition coefficient (Wildman–Crippen LogP) is 13.8. The van der Waals surface area contributed by atoms with E-state index in [1.54, 1.807) is 12.1 Å². The molecule has 5 heterocycles. The van der Waals surface area contributed by atoms with Gasteiger partial charge in [-0.3, -0.25) is 4.98 Å². The SMILES string of the molecule is [2H]C([2H])([2H])c1cc[c-]c(-c2cc(C(C)C)[c]([Ge]([CH3])([CH3])[CH3])cn2)c1F.[2H]C([2H])([2H])c1ccc2c(n1)oc1c(-c3nc4ccccc4n3-c3c(CC)cc4c(oc5ccccc54)c3CC)[c-]ccc12.[Ir]. The Morgan fingerprint density at radius 2 is 1.56 bits per heavy atom. The summed E-state index contributed by atoms with van der Waals surface area (Å²) in [6.07, 6.45) is 3.41. The van der Waals surface area contributed by atoms with E-state index < -0.39 is 32.8 Å². The Kier molecular flexibility index (Phi) is 9.93. The molecule has 0 saturated heterocycles. The van der Waals surface area contributed by atoms with Crippen LogP contribution in [0.5, 0.6) is 0 Å². The Hall–Kier alpha value is -5.41. The molecule has 0 unspecified atom stereocenters. The summed E-state index contributed by atoms with van der Waals surface area (Å²) >= 11 is -2.10. The van der Waals surface area contributed by atoms with Crippen molar-refractivity contribution in [2.24, 2.45) is 0 Å². The van der Waals surface area contributed by atoms with E-state index in [-0.39, 0.29) is 42.6 Å². The van der Waals surface area contributed by atoms with E-state index in [2.05, 4.69) is 89.8 Å². The molecule has 0 atom stereocenters. The Balaban J connectivity index is 0.000000214. The maximum absolute atomic E-state index is 14.7. The quantitative estimate of drug-likeness (QED) is 0.117. The summed E-state index contributed by atoms with van der Waals surface area (Å²) in [5.74, 6) is 7.10. The molecule has 1 radical (unpaired) electrons. The van der Waals surface area contributed by atoms with Gasteiger partial charge in [0, 0.05) is 57.3 Å². The Bertz CT molecular complexity index is 3530. The van der Waals surface area contributed by atoms with Crippen molar-refractivity contribution in [3.05, 3.63) is 149 Å². The minimum absolute atomic E-state index is 0. The summed E-state index contributed by atoms with van der Waals surface area (Å²) in [5, 5.41) is 3.79. The second-order valence-electron chi connectivity index (χ2n) is 16.7. The van der Waals surface area contributed by atoms with Gasteiger partial charge in [0.05, 0.1) is 22.4 Å². The molecule has 0 saturated carbocycles. The monoisotopic (exact) mass is 1070 g/mol. The zero-order valence-corrected chi connectivity index (χ0v) is 40.1. The fourth-order valence-corrected chi connectivity index (χ4v) is 12.0. The van der Waals surface area contributed by atoms with Crippen molar-refractivity contribution in [3.63, 3.8) is 0 Å². The molecule has 10 rings (SSSR count). The molecule has 0 amide bonds. The van der Waals surface area contributed by atoms with Gasteiger partial charge in [-0.05, 0) is 61.7 Å². The Labute approximate surface area is 386 Å². The number of aromatic nitrogens is 4. The predicted molar refractivity (Wildman–Crippen MR) is 251 cm³/mol. The average molecular weight is 1060 g/mol. The van der Waals surface area contributed by atoms with Crippen molar-refractivity contribution in [2.75, 3.05) is 0 Å². The first kappa shape index (κ1) is 36.1. The van der Waals surface area contributed by atoms with Crippen molar-refractivity contribution < 1.29 is 41.6 Å². The molecule has 0 aliphatic rings. The molecule has 62 heavy (non-hydrogen) atoms. The first-order valence-electron chi connectivity index (χ1n) is 23.7. The van der Waals surface area contributed by atoms with Crippen molar-refractivity contribution in [1.29, 1.82) is 0 Å². The largest absolute Gasteiger partial charge is 0.486 e. The van der Waals surface area contributed by atoms with E-state index in [9.17, 15) is 4.39 Å². The van der Waals surface area contributed by atoms with Crippen LogP contribution in [0.3, 0.4) is 0 Å². The van der Waals surface area contributed by atoms with Gasteiger partial charge in [-0.1, -0.05) is 55.1 Å². The van der Waals surface area contributed by atoms with E-state index in [1.807, 2.05) is 60.8 Å². The molecule has 0 aliphatic heterocycles. The third-order valence-electron chi connectivity index (χ3n) is 11.4. The minimum atomic E-state index is -2.49. The van der Waals surface area contributed by atoms with Crippen LogP contribution in [0.25, 0.3) is 83.4 Å². The van der Waals surface area contributed by atoms with Gasteiger partial charge in [0.1, 0.15) is 11.2 Å². The molecule has 0 N–H and O–H groups in total. The number of aryl methyl sites for hydroxylation is 4. The first-order valence-corrected chi connectivity index (χ1v) is 28.0. The van der Waals surface area contributed by atoms with Gasteiger partial charge in [-0.25, -0.2) is 4.98 Å². The number of halogens is 1. The second-order valence-corrected chi connectivity index (χ2v) is 27.3. The fourth-order valence-electron chi connectivity index (χ4n) is 8.44. The van der Waals surface area contributed by atoms with E-state index in [1.165, 1.54) is 27.7 Å². The first-order chi connectivity index (χ1) is 31.8. The van der Waals surface area contributed by atoms with Crippen LogP contribution >= 0.6 is 0 Å². The van der Waals surface area contributed by atoms with Gasteiger partial charge >= 0.3 is 134 Å². The summed E-state index contributed by atoms with van der Waals surface area (Å²) in [7, 11) is 0. The molecular formula is C53H49FGeIrN4O2-2. The molecule has 0 fully saturated rings. The van der Waals surface area contributed by atoms with Crippen LogP contribution < -0.4 is 4.40 Å². The van der Waals surface area contributed by atoms with E-state index in [0.717, 1.165) is 67.8 Å². The van der Waals surface area contributed by atoms with Crippen molar-refractivity contribution >= 4 is 72.7 Å². The third kappa shape index (κ3) is 7.50. The molecule has 10 aromatic rings. The van der Waals surface area contributed by atoms with E-state index in [4.69, 9.17) is 22.0 Å². The number of hydrogen-bond acceptors (Lipinski definition) is 5. The van der Waals surface area contributed by atoms with Crippen molar-refractivity contribution in [2.45, 2.75) is 77.4 Å². The third-order valence-corrected chi connectivity index (χ3v) is 15.7. The van der Waals surface area contributed by atoms with Gasteiger partial charge in [0.2, 0.25) is 5.71 Å². The summed E-state index contributed by atoms with van der Waals surface area (Å²) in [5.41, 5.74) is 9.84. The van der Waals surface area contributed by atoms with Gasteiger partial charge in [0.25, 0.3) is 0 Å². The molecule has 6 nitrogen and oxygen atoms in total. The molecule has 315 valence electrons. The summed E-state index contributed by atoms with van der Waals surface area (Å²) in [6.45, 7) is 3.72. The van der Waals surface area contributed by atoms with E-state index in [0.29, 0.717) is 28.6 Å². The maximum atomic E-state index is 14.7. The standard InChI is InChI=1S/C35H26N3O2.C18H23FGeN.Ir/c1-4-21-19-27-23-11-6-9-16-30(23)39-32(27)22(5-2)31(21)38-29-15-8-7-14-28(29)37-34(38)26-13-10-12-24-25-18-17-20(3)36-35(25)40-33(24)26;1-12(2)15-10-17(21-11-16(15)20(4,5)6)14-9-7-8-13(3)18(14)19;/h6-12,14-19H,4-5H2,1-3H3;7-8,10-12H,1-6H3;/q2*-1;/i2*3D3;. The van der Waals surface area contributed by atoms with Gasteiger partial charge in [-0.15, -0.1) is 18.2 Å². The van der Waals surface area contributed by atoms with Gasteiger partial charge < -0.3 is 13.4 Å². The maximum Gasteiger partial charge on any atom is 0.216 e. The van der Waals surface area contributed by atoms with Crippen LogP contribution in [-0.4, -0.2) is 32.8 Å². The van der Waals surface area contributed by atoms with Crippen LogP contribution in [0, 0.1) is 31.7 Å². The minimum Gasteiger partial charge on any atom is -0.486 e. The Morgan fingerprint density at radius 1 is 0.790 bits per heavy atom. The van der Waals surface area contributed by atoms with Crippen LogP contribution in [-0.2, 0) is 32.9 Å². The summed E-state index contributed by atoms with van der Waals surface area (Å²) in [6, 6.07) is 36.4. The zero-order valence-electron chi connectivity index (χ0n) is 41.6. The number of nitrogens with zero attached hydrogens (tertiary/aromatic N) is 4. The van der Waals surface area contributed by atoms with Crippen LogP contribution in [0.4, 0.5) is 4.39 Å². The summed E-state index contributed by atoms with van der Waals surface area (Å²) < 4.78 is 76.9. The average Bonchev–Trinajstić information content (AvgIpc) is 3.98. The molecular weight excluding hydrogens is 1010 g/mol. The van der Waals surface area contributed by atoms with Crippen LogP contribution in [0.1, 0.15) is 69.8 Å². The van der Waals surface area contributed by atoms with Crippen LogP contribution in [0.15, 0.2) is 112 Å². The number of hydrogen-bond donors (Lipinski definition) is 0. The molecule has 0 bridgehead atoms. The number of benzene rings is 5. The normalized spacial score (nSPS) is 13.7. The number of furan rings is 2. The molecule has 0 spiro atoms. The fraction of sp³-hybridized carbons (Fsp3) is 0.226. The number of rotatable bonds is 7. The number of imidazole rings is 1. The molecule has 0 aliphatic carbocycles. The second kappa shape index (κ2) is 17.0. The molecule has 9 heteroatoms. The van der Waals surface area contributed by atoms with Crippen LogP contribution in [0.2, 0.25) is 17.3 Å². The van der Waals surface area contributed by atoms with Gasteiger partial charge in [-0.2, -0.15) is 0 Å². The Morgan fingerprint density at radius 3 is 2.32 bits per heavy atom. The van der Waals surface area contributed by atoms with Crippen molar-refractivity contribution in [1.82, 2.24) is 19.5 Å². The summed E-state index contributed by atoms with van der Waals surface area (Å²) in [4.78, 5) is 13.9. The smallest absolute Gasteiger partial charge is 0.216 e. The molecule has 5 aromatic heterocycles. The van der Waals surface area contributed by atoms with Gasteiger partial charge in [0.15, 0.2) is 0 Å². The topological polar surface area (TPSA) is 69.9 Å². The van der Waals surface area contributed by atoms with E-state index >= 15 is 0 Å².